The first kappa shape index (κ1) is 19.2. The predicted molar refractivity (Wildman–Crippen MR) is 98.6 cm³/mol. The minimum Gasteiger partial charge on any atom is -0.334 e. The number of carbonyl (C=O) groups is 1. The minimum absolute atomic E-state index is 0.149. The van der Waals surface area contributed by atoms with Crippen molar-refractivity contribution < 1.29 is 14.4 Å². The summed E-state index contributed by atoms with van der Waals surface area (Å²) in [7, 11) is 0. The lowest BCUT2D eigenvalue weighted by atomic mass is 9.96. The van der Waals surface area contributed by atoms with Gasteiger partial charge in [0, 0.05) is 6.04 Å². The molecule has 0 heterocycles. The standard InChI is InChI=1S/C19H23N3O.CO2/c23-19(20-16-10-4-1-5-11-16)21-22(17-12-6-2-7-13-17)18-14-8-3-9-15-18;2-1-3/h2-3,6-9,12-16H,1,4-5,10-11H2,(H2,20,21,23);. The highest BCUT2D eigenvalue weighted by Gasteiger charge is 2.18. The van der Waals surface area contributed by atoms with Crippen molar-refractivity contribution in [2.75, 3.05) is 5.01 Å². The topological polar surface area (TPSA) is 78.5 Å². The molecule has 0 spiro atoms. The molecule has 3 rings (SSSR count). The summed E-state index contributed by atoms with van der Waals surface area (Å²) < 4.78 is 0. The number of amides is 2. The van der Waals surface area contributed by atoms with E-state index in [0.29, 0.717) is 0 Å². The molecule has 2 aromatic carbocycles. The number of anilines is 2. The number of nitrogens with zero attached hydrogens (tertiary/aromatic N) is 1. The molecule has 2 aromatic rings. The fourth-order valence-corrected chi connectivity index (χ4v) is 3.00. The molecule has 2 N–H and O–H groups in total. The van der Waals surface area contributed by atoms with Crippen molar-refractivity contribution in [1.29, 1.82) is 0 Å². The van der Waals surface area contributed by atoms with E-state index in [4.69, 9.17) is 9.59 Å². The number of benzene rings is 2. The molecule has 0 bridgehead atoms. The summed E-state index contributed by atoms with van der Waals surface area (Å²) in [6.45, 7) is 0. The van der Waals surface area contributed by atoms with Gasteiger partial charge in [-0.25, -0.2) is 10.2 Å². The van der Waals surface area contributed by atoms with Crippen molar-refractivity contribution in [3.05, 3.63) is 60.7 Å². The Morgan fingerprint density at radius 2 is 1.31 bits per heavy atom. The maximum absolute atomic E-state index is 12.4. The molecule has 6 nitrogen and oxygen atoms in total. The SMILES string of the molecule is O=C(NC1CCCCC1)NN(c1ccccc1)c1ccccc1.O=C=O. The molecule has 1 aliphatic carbocycles. The Balaban J connectivity index is 0.000000758. The average Bonchev–Trinajstić information content (AvgIpc) is 2.69. The fourth-order valence-electron chi connectivity index (χ4n) is 3.00. The molecule has 0 unspecified atom stereocenters. The van der Waals surface area contributed by atoms with Crippen LogP contribution in [-0.4, -0.2) is 18.2 Å². The van der Waals surface area contributed by atoms with E-state index >= 15 is 0 Å². The van der Waals surface area contributed by atoms with Crippen LogP contribution in [0.25, 0.3) is 0 Å². The van der Waals surface area contributed by atoms with E-state index < -0.39 is 0 Å². The number of hydrogen-bond acceptors (Lipinski definition) is 4. The average molecular weight is 353 g/mol. The normalized spacial score (nSPS) is 13.5. The van der Waals surface area contributed by atoms with Crippen LogP contribution in [0.2, 0.25) is 0 Å². The number of carbonyl (C=O) groups excluding carboxylic acids is 3. The van der Waals surface area contributed by atoms with Crippen LogP contribution in [0.15, 0.2) is 60.7 Å². The summed E-state index contributed by atoms with van der Waals surface area (Å²) in [4.78, 5) is 28.7. The second kappa shape index (κ2) is 10.7. The highest BCUT2D eigenvalue weighted by molar-refractivity contribution is 5.79. The van der Waals surface area contributed by atoms with Crippen molar-refractivity contribution in [2.45, 2.75) is 38.1 Å². The van der Waals surface area contributed by atoms with Gasteiger partial charge in [0.05, 0.1) is 11.4 Å². The lowest BCUT2D eigenvalue weighted by molar-refractivity contribution is -0.191. The summed E-state index contributed by atoms with van der Waals surface area (Å²) in [6.07, 6.45) is 6.08. The molecule has 0 aliphatic heterocycles. The van der Waals surface area contributed by atoms with Gasteiger partial charge in [-0.15, -0.1) is 0 Å². The van der Waals surface area contributed by atoms with Crippen molar-refractivity contribution in [2.24, 2.45) is 0 Å². The highest BCUT2D eigenvalue weighted by Crippen LogP contribution is 2.22. The quantitative estimate of drug-likeness (QED) is 0.820. The predicted octanol–water partition coefficient (Wildman–Crippen LogP) is 3.79. The molecule has 1 aliphatic rings. The van der Waals surface area contributed by atoms with Gasteiger partial charge in [-0.1, -0.05) is 55.7 Å². The van der Waals surface area contributed by atoms with Crippen LogP contribution in [0.4, 0.5) is 16.2 Å². The summed E-state index contributed by atoms with van der Waals surface area (Å²) in [5, 5.41) is 4.91. The third kappa shape index (κ3) is 6.07. The molecule has 6 heteroatoms. The molecular formula is C20H23N3O3. The van der Waals surface area contributed by atoms with Crippen molar-refractivity contribution in [3.8, 4) is 0 Å². The van der Waals surface area contributed by atoms with Crippen LogP contribution in [0.5, 0.6) is 0 Å². The summed E-state index contributed by atoms with van der Waals surface area (Å²) in [5.41, 5.74) is 4.84. The lowest BCUT2D eigenvalue weighted by Crippen LogP contribution is -2.48. The third-order valence-electron chi connectivity index (χ3n) is 4.18. The minimum atomic E-state index is -0.149. The van der Waals surface area contributed by atoms with Gasteiger partial charge >= 0.3 is 12.2 Å². The van der Waals surface area contributed by atoms with Crippen LogP contribution in [0.3, 0.4) is 0 Å². The molecule has 2 amide bonds. The van der Waals surface area contributed by atoms with Crippen LogP contribution >= 0.6 is 0 Å². The maximum Gasteiger partial charge on any atom is 0.373 e. The van der Waals surface area contributed by atoms with Crippen LogP contribution in [-0.2, 0) is 9.59 Å². The number of nitrogens with one attached hydrogen (secondary N) is 2. The van der Waals surface area contributed by atoms with Gasteiger partial charge in [-0.3, -0.25) is 5.01 Å². The fraction of sp³-hybridized carbons (Fsp3) is 0.300. The van der Waals surface area contributed by atoms with Crippen molar-refractivity contribution in [1.82, 2.24) is 10.7 Å². The number of rotatable bonds is 4. The lowest BCUT2D eigenvalue weighted by Gasteiger charge is -2.28. The van der Waals surface area contributed by atoms with E-state index in [1.165, 1.54) is 19.3 Å². The molecule has 136 valence electrons. The number of hydrazine groups is 1. The number of para-hydroxylation sites is 2. The van der Waals surface area contributed by atoms with E-state index in [9.17, 15) is 4.79 Å². The van der Waals surface area contributed by atoms with Crippen LogP contribution < -0.4 is 15.8 Å². The summed E-state index contributed by atoms with van der Waals surface area (Å²) >= 11 is 0. The molecular weight excluding hydrogens is 330 g/mol. The Morgan fingerprint density at radius 1 is 0.846 bits per heavy atom. The molecule has 0 aromatic heterocycles. The van der Waals surface area contributed by atoms with E-state index in [0.717, 1.165) is 24.2 Å². The molecule has 26 heavy (non-hydrogen) atoms. The first-order valence-electron chi connectivity index (χ1n) is 8.71. The first-order valence-corrected chi connectivity index (χ1v) is 8.71. The van der Waals surface area contributed by atoms with Gasteiger partial charge in [0.25, 0.3) is 0 Å². The van der Waals surface area contributed by atoms with E-state index in [-0.39, 0.29) is 18.2 Å². The summed E-state index contributed by atoms with van der Waals surface area (Å²) in [6, 6.07) is 19.9. The second-order valence-corrected chi connectivity index (χ2v) is 6.01. The first-order chi connectivity index (χ1) is 12.7. The number of hydrogen-bond donors (Lipinski definition) is 2. The van der Waals surface area contributed by atoms with E-state index in [2.05, 4.69) is 10.7 Å². The zero-order chi connectivity index (χ0) is 18.6. The molecule has 0 atom stereocenters. The zero-order valence-electron chi connectivity index (χ0n) is 14.6. The Kier molecular flexibility index (Phi) is 7.90. The van der Waals surface area contributed by atoms with Crippen molar-refractivity contribution >= 4 is 23.6 Å². The largest absolute Gasteiger partial charge is 0.373 e. The monoisotopic (exact) mass is 353 g/mol. The van der Waals surface area contributed by atoms with Gasteiger partial charge in [-0.2, -0.15) is 9.59 Å². The molecule has 1 fully saturated rings. The summed E-state index contributed by atoms with van der Waals surface area (Å²) in [5.74, 6) is 0. The molecule has 0 saturated heterocycles. The zero-order valence-corrected chi connectivity index (χ0v) is 14.6. The van der Waals surface area contributed by atoms with Gasteiger partial charge < -0.3 is 5.32 Å². The Morgan fingerprint density at radius 3 is 1.77 bits per heavy atom. The smallest absolute Gasteiger partial charge is 0.334 e. The van der Waals surface area contributed by atoms with Gasteiger partial charge in [0.15, 0.2) is 0 Å². The van der Waals surface area contributed by atoms with Crippen molar-refractivity contribution in [3.63, 3.8) is 0 Å². The Labute approximate surface area is 153 Å². The number of urea groups is 1. The van der Waals surface area contributed by atoms with Gasteiger partial charge in [0.1, 0.15) is 0 Å². The Hall–Kier alpha value is -3.11. The maximum atomic E-state index is 12.4. The molecule has 1 saturated carbocycles. The Bertz CT molecular complexity index is 655. The van der Waals surface area contributed by atoms with Gasteiger partial charge in [-0.05, 0) is 37.1 Å². The van der Waals surface area contributed by atoms with E-state index in [1.54, 1.807) is 0 Å². The molecule has 0 radical (unpaired) electrons. The second-order valence-electron chi connectivity index (χ2n) is 6.01. The van der Waals surface area contributed by atoms with E-state index in [1.807, 2.05) is 65.7 Å². The van der Waals surface area contributed by atoms with Gasteiger partial charge in [0.2, 0.25) is 0 Å². The third-order valence-corrected chi connectivity index (χ3v) is 4.18. The van der Waals surface area contributed by atoms with Crippen LogP contribution in [0, 0.1) is 0 Å². The highest BCUT2D eigenvalue weighted by atomic mass is 16.2. The van der Waals surface area contributed by atoms with Crippen LogP contribution in [0.1, 0.15) is 32.1 Å².